The number of aromatic hydroxyl groups is 1. The molecule has 2 atom stereocenters. The lowest BCUT2D eigenvalue weighted by molar-refractivity contribution is -0.130. The maximum Gasteiger partial charge on any atom is 0.219 e. The molecule has 0 spiro atoms. The van der Waals surface area contributed by atoms with Crippen LogP contribution >= 0.6 is 0 Å². The van der Waals surface area contributed by atoms with Crippen LogP contribution < -0.4 is 4.74 Å². The summed E-state index contributed by atoms with van der Waals surface area (Å²) in [5.74, 6) is 2.29. The van der Waals surface area contributed by atoms with Gasteiger partial charge in [0.25, 0.3) is 0 Å². The number of phenols is 1. The molecule has 1 saturated carbocycles. The Hall–Kier alpha value is -2.23. The number of rotatable bonds is 7. The number of hydrogen-bond acceptors (Lipinski definition) is 3. The van der Waals surface area contributed by atoms with Gasteiger partial charge < -0.3 is 14.7 Å². The van der Waals surface area contributed by atoms with Gasteiger partial charge in [-0.2, -0.15) is 0 Å². The van der Waals surface area contributed by atoms with Gasteiger partial charge in [0, 0.05) is 42.5 Å². The molecule has 1 N–H and O–H groups in total. The van der Waals surface area contributed by atoms with Gasteiger partial charge >= 0.3 is 0 Å². The van der Waals surface area contributed by atoms with Gasteiger partial charge in [-0.1, -0.05) is 38.0 Å². The van der Waals surface area contributed by atoms with Crippen LogP contribution in [-0.4, -0.2) is 22.0 Å². The van der Waals surface area contributed by atoms with Gasteiger partial charge in [0.1, 0.15) is 17.3 Å². The van der Waals surface area contributed by atoms with Crippen LogP contribution in [-0.2, 0) is 17.8 Å². The average molecular weight is 410 g/mol. The van der Waals surface area contributed by atoms with E-state index in [1.807, 2.05) is 4.90 Å². The summed E-state index contributed by atoms with van der Waals surface area (Å²) in [6.45, 7) is 10.7. The van der Waals surface area contributed by atoms with E-state index in [2.05, 4.69) is 32.6 Å². The van der Waals surface area contributed by atoms with Crippen LogP contribution in [0.4, 0.5) is 0 Å². The summed E-state index contributed by atoms with van der Waals surface area (Å²) in [6, 6.07) is 2.44. The van der Waals surface area contributed by atoms with Crippen LogP contribution in [0.15, 0.2) is 30.1 Å². The van der Waals surface area contributed by atoms with E-state index in [1.54, 1.807) is 6.92 Å². The number of ether oxygens (including phenoxy) is 1. The fourth-order valence-corrected chi connectivity index (χ4v) is 5.11. The summed E-state index contributed by atoms with van der Waals surface area (Å²) in [5, 5.41) is 11.5. The molecule has 4 heteroatoms. The number of benzene rings is 1. The zero-order valence-corrected chi connectivity index (χ0v) is 18.7. The van der Waals surface area contributed by atoms with Crippen LogP contribution in [0.5, 0.6) is 11.5 Å². The van der Waals surface area contributed by atoms with Crippen molar-refractivity contribution in [3.63, 3.8) is 0 Å². The normalized spacial score (nSPS) is 22.6. The molecule has 30 heavy (non-hydrogen) atoms. The fourth-order valence-electron chi connectivity index (χ4n) is 5.11. The molecule has 1 aromatic carbocycles. The van der Waals surface area contributed by atoms with Gasteiger partial charge in [-0.25, -0.2) is 0 Å². The van der Waals surface area contributed by atoms with Crippen molar-refractivity contribution < 1.29 is 14.6 Å². The van der Waals surface area contributed by atoms with E-state index in [9.17, 15) is 9.90 Å². The molecule has 4 nitrogen and oxygen atoms in total. The minimum Gasteiger partial charge on any atom is -0.507 e. The minimum atomic E-state index is 0.0880. The minimum absolute atomic E-state index is 0.0880. The highest BCUT2D eigenvalue weighted by Gasteiger charge is 2.39. The third-order valence-corrected chi connectivity index (χ3v) is 7.00. The molecule has 1 amide bonds. The van der Waals surface area contributed by atoms with Gasteiger partial charge in [0.15, 0.2) is 0 Å². The van der Waals surface area contributed by atoms with E-state index in [0.29, 0.717) is 18.3 Å². The standard InChI is InChI=1S/C26H35NO3/c1-5-6-7-8-19-14-24-25(22-13-16(2)9-12-21(22)17(3)30-24)26(29)23(19)15-27(18(4)28)20-10-11-20/h13-14,20-22,29H,3,5-12,15H2,1-2,4H3. The van der Waals surface area contributed by atoms with E-state index in [1.165, 1.54) is 5.57 Å². The molecule has 162 valence electrons. The zero-order valence-electron chi connectivity index (χ0n) is 18.7. The highest BCUT2D eigenvalue weighted by Crippen LogP contribution is 2.52. The SMILES string of the molecule is C=C1Oc2cc(CCCCC)c(CN(C(C)=O)C3CC3)c(O)c2C2C=C(C)CCC12. The van der Waals surface area contributed by atoms with Gasteiger partial charge in [0.2, 0.25) is 5.91 Å². The first kappa shape index (κ1) is 21.0. The molecule has 1 aromatic rings. The van der Waals surface area contributed by atoms with E-state index in [4.69, 9.17) is 4.74 Å². The number of nitrogens with zero attached hydrogens (tertiary/aromatic N) is 1. The van der Waals surface area contributed by atoms with Crippen molar-refractivity contribution >= 4 is 5.91 Å². The molecular formula is C26H35NO3. The Labute approximate surface area is 180 Å². The average Bonchev–Trinajstić information content (AvgIpc) is 3.52. The lowest BCUT2D eigenvalue weighted by Gasteiger charge is -2.38. The smallest absolute Gasteiger partial charge is 0.219 e. The number of amides is 1. The van der Waals surface area contributed by atoms with E-state index >= 15 is 0 Å². The van der Waals surface area contributed by atoms with Crippen LogP contribution in [0, 0.1) is 5.92 Å². The lowest BCUT2D eigenvalue weighted by Crippen LogP contribution is -2.31. The van der Waals surface area contributed by atoms with Crippen LogP contribution in [0.25, 0.3) is 0 Å². The highest BCUT2D eigenvalue weighted by molar-refractivity contribution is 5.74. The number of fused-ring (bicyclic) bond motifs is 3. The Kier molecular flexibility index (Phi) is 5.95. The maximum atomic E-state index is 12.3. The second-order valence-electron chi connectivity index (χ2n) is 9.36. The van der Waals surface area contributed by atoms with Crippen molar-refractivity contribution in [1.29, 1.82) is 0 Å². The molecule has 0 saturated heterocycles. The number of allylic oxidation sites excluding steroid dienone is 3. The largest absolute Gasteiger partial charge is 0.507 e. The molecule has 0 radical (unpaired) electrons. The predicted molar refractivity (Wildman–Crippen MR) is 120 cm³/mol. The Morgan fingerprint density at radius 1 is 1.30 bits per heavy atom. The number of aryl methyl sites for hydroxylation is 1. The van der Waals surface area contributed by atoms with Gasteiger partial charge in [0.05, 0.1) is 0 Å². The molecular weight excluding hydrogens is 374 g/mol. The monoisotopic (exact) mass is 409 g/mol. The second kappa shape index (κ2) is 8.49. The molecule has 1 aliphatic heterocycles. The van der Waals surface area contributed by atoms with Crippen molar-refractivity contribution in [3.8, 4) is 11.5 Å². The number of unbranched alkanes of at least 4 members (excludes halogenated alkanes) is 2. The van der Waals surface area contributed by atoms with Crippen LogP contribution in [0.3, 0.4) is 0 Å². The zero-order chi connectivity index (χ0) is 21.4. The molecule has 3 aliphatic rings. The number of carbonyl (C=O) groups is 1. The third-order valence-electron chi connectivity index (χ3n) is 7.00. The highest BCUT2D eigenvalue weighted by atomic mass is 16.5. The van der Waals surface area contributed by atoms with Crippen molar-refractivity contribution in [3.05, 3.63) is 46.7 Å². The van der Waals surface area contributed by atoms with Crippen molar-refractivity contribution in [2.75, 3.05) is 0 Å². The summed E-state index contributed by atoms with van der Waals surface area (Å²) >= 11 is 0. The Morgan fingerprint density at radius 3 is 2.73 bits per heavy atom. The summed E-state index contributed by atoms with van der Waals surface area (Å²) in [7, 11) is 0. The van der Waals surface area contributed by atoms with Crippen molar-refractivity contribution in [2.45, 2.75) is 90.6 Å². The Bertz CT molecular complexity index is 881. The number of carbonyl (C=O) groups excluding carboxylic acids is 1. The number of phenolic OH excluding ortho intramolecular Hbond substituents is 1. The van der Waals surface area contributed by atoms with Gasteiger partial charge in [-0.15, -0.1) is 0 Å². The van der Waals surface area contributed by atoms with E-state index in [-0.39, 0.29) is 17.7 Å². The van der Waals surface area contributed by atoms with Crippen molar-refractivity contribution in [2.24, 2.45) is 5.92 Å². The van der Waals surface area contributed by atoms with Crippen LogP contribution in [0.1, 0.15) is 88.3 Å². The molecule has 2 unspecified atom stereocenters. The van der Waals surface area contributed by atoms with E-state index in [0.717, 1.165) is 79.6 Å². The molecule has 1 fully saturated rings. The number of hydrogen-bond donors (Lipinski definition) is 1. The Balaban J connectivity index is 1.79. The summed E-state index contributed by atoms with van der Waals surface area (Å²) in [5.41, 5.74) is 4.26. The van der Waals surface area contributed by atoms with Gasteiger partial charge in [-0.05, 0) is 57.1 Å². The Morgan fingerprint density at radius 2 is 2.07 bits per heavy atom. The van der Waals surface area contributed by atoms with Crippen molar-refractivity contribution in [1.82, 2.24) is 4.90 Å². The molecule has 0 aromatic heterocycles. The predicted octanol–water partition coefficient (Wildman–Crippen LogP) is 5.98. The first-order valence-electron chi connectivity index (χ1n) is 11.6. The van der Waals surface area contributed by atoms with Gasteiger partial charge in [-0.3, -0.25) is 4.79 Å². The molecule has 1 heterocycles. The topological polar surface area (TPSA) is 49.8 Å². The maximum absolute atomic E-state index is 12.3. The first-order valence-corrected chi connectivity index (χ1v) is 11.6. The molecule has 4 rings (SSSR count). The second-order valence-corrected chi connectivity index (χ2v) is 9.36. The molecule has 2 aliphatic carbocycles. The quantitative estimate of drug-likeness (QED) is 0.445. The summed E-state index contributed by atoms with van der Waals surface area (Å²) < 4.78 is 6.17. The van der Waals surface area contributed by atoms with E-state index < -0.39 is 0 Å². The first-order chi connectivity index (χ1) is 14.4. The third kappa shape index (κ3) is 4.01. The van der Waals surface area contributed by atoms with Crippen LogP contribution in [0.2, 0.25) is 0 Å². The summed E-state index contributed by atoms with van der Waals surface area (Å²) in [6.07, 6.45) is 10.7. The fraction of sp³-hybridized carbons (Fsp3) is 0.577. The molecule has 0 bridgehead atoms. The lowest BCUT2D eigenvalue weighted by atomic mass is 9.73. The summed E-state index contributed by atoms with van der Waals surface area (Å²) in [4.78, 5) is 14.3.